The Bertz CT molecular complexity index is 504. The molecule has 1 saturated heterocycles. The Kier molecular flexibility index (Phi) is 3.05. The smallest absolute Gasteiger partial charge is 0.254 e. The molecule has 1 fully saturated rings. The van der Waals surface area contributed by atoms with Crippen LogP contribution in [0.4, 0.5) is 5.69 Å². The summed E-state index contributed by atoms with van der Waals surface area (Å²) in [7, 11) is 4.01. The monoisotopic (exact) mass is 256 g/mol. The predicted molar refractivity (Wildman–Crippen MR) is 77.5 cm³/mol. The van der Waals surface area contributed by atoms with Crippen LogP contribution in [0, 0.1) is 0 Å². The molecule has 2 heterocycles. The van der Waals surface area contributed by atoms with Crippen molar-refractivity contribution in [3.05, 3.63) is 42.0 Å². The molecular formula is C16H20N2O. The third kappa shape index (κ3) is 2.14. The van der Waals surface area contributed by atoms with Crippen molar-refractivity contribution >= 4 is 11.6 Å². The zero-order valence-electron chi connectivity index (χ0n) is 11.5. The Labute approximate surface area is 114 Å². The molecule has 2 bridgehead atoms. The van der Waals surface area contributed by atoms with E-state index < -0.39 is 0 Å². The predicted octanol–water partition coefficient (Wildman–Crippen LogP) is 2.69. The molecule has 3 rings (SSSR count). The molecule has 0 spiro atoms. The fraction of sp³-hybridized carbons (Fsp3) is 0.438. The quantitative estimate of drug-likeness (QED) is 0.760. The van der Waals surface area contributed by atoms with Crippen LogP contribution in [-0.2, 0) is 0 Å². The second-order valence-electron chi connectivity index (χ2n) is 5.62. The van der Waals surface area contributed by atoms with Gasteiger partial charge in [0.1, 0.15) is 0 Å². The summed E-state index contributed by atoms with van der Waals surface area (Å²) in [6, 6.07) is 8.63. The lowest BCUT2D eigenvalue weighted by atomic mass is 10.1. The third-order valence-electron chi connectivity index (χ3n) is 4.18. The molecule has 100 valence electrons. The Hall–Kier alpha value is -1.77. The molecule has 1 aromatic rings. The van der Waals surface area contributed by atoms with Crippen LogP contribution in [0.25, 0.3) is 0 Å². The minimum absolute atomic E-state index is 0.183. The number of rotatable bonds is 2. The zero-order chi connectivity index (χ0) is 13.4. The van der Waals surface area contributed by atoms with E-state index in [0.717, 1.165) is 30.5 Å². The van der Waals surface area contributed by atoms with Gasteiger partial charge in [0, 0.05) is 31.4 Å². The molecular weight excluding hydrogens is 236 g/mol. The molecule has 2 aliphatic rings. The summed E-state index contributed by atoms with van der Waals surface area (Å²) in [5.74, 6) is 0.183. The van der Waals surface area contributed by atoms with Gasteiger partial charge in [-0.25, -0.2) is 0 Å². The highest BCUT2D eigenvalue weighted by Crippen LogP contribution is 2.32. The number of carbonyl (C=O) groups excluding carboxylic acids is 1. The van der Waals surface area contributed by atoms with Crippen LogP contribution in [-0.4, -0.2) is 37.0 Å². The van der Waals surface area contributed by atoms with E-state index in [1.807, 2.05) is 43.3 Å². The second-order valence-corrected chi connectivity index (χ2v) is 5.62. The molecule has 1 aromatic carbocycles. The number of amides is 1. The van der Waals surface area contributed by atoms with E-state index in [0.29, 0.717) is 12.1 Å². The van der Waals surface area contributed by atoms with Crippen molar-refractivity contribution in [1.29, 1.82) is 0 Å². The fourth-order valence-corrected chi connectivity index (χ4v) is 3.09. The summed E-state index contributed by atoms with van der Waals surface area (Å²) in [5, 5.41) is 0. The average molecular weight is 256 g/mol. The molecule has 1 amide bonds. The second kappa shape index (κ2) is 4.72. The number of carbonyl (C=O) groups is 1. The highest BCUT2D eigenvalue weighted by Gasteiger charge is 2.37. The van der Waals surface area contributed by atoms with Gasteiger partial charge in [0.2, 0.25) is 0 Å². The van der Waals surface area contributed by atoms with Crippen molar-refractivity contribution in [3.63, 3.8) is 0 Å². The maximum absolute atomic E-state index is 12.6. The van der Waals surface area contributed by atoms with Crippen LogP contribution < -0.4 is 4.90 Å². The molecule has 0 radical (unpaired) electrons. The standard InChI is InChI=1S/C16H20N2O/c1-17(2)13-8-6-12(7-9-13)16(19)18-14-4-3-5-15(18)11-10-14/h3-4,6-9,14-15H,5,10-11H2,1-2H3. The average Bonchev–Trinajstić information content (AvgIpc) is 2.67. The highest BCUT2D eigenvalue weighted by atomic mass is 16.2. The van der Waals surface area contributed by atoms with E-state index >= 15 is 0 Å². The Morgan fingerprint density at radius 2 is 1.95 bits per heavy atom. The summed E-state index contributed by atoms with van der Waals surface area (Å²) in [6.07, 6.45) is 7.68. The first kappa shape index (κ1) is 12.3. The first-order valence-corrected chi connectivity index (χ1v) is 6.93. The topological polar surface area (TPSA) is 23.6 Å². The number of benzene rings is 1. The van der Waals surface area contributed by atoms with Crippen molar-refractivity contribution in [2.75, 3.05) is 19.0 Å². The molecule has 0 N–H and O–H groups in total. The van der Waals surface area contributed by atoms with Gasteiger partial charge in [-0.3, -0.25) is 4.79 Å². The number of fused-ring (bicyclic) bond motifs is 2. The SMILES string of the molecule is CN(C)c1ccc(C(=O)N2C3C=CCC2CC3)cc1. The number of hydrogen-bond acceptors (Lipinski definition) is 2. The number of anilines is 1. The molecule has 2 aliphatic heterocycles. The Morgan fingerprint density at radius 3 is 2.58 bits per heavy atom. The van der Waals surface area contributed by atoms with Crippen molar-refractivity contribution in [2.24, 2.45) is 0 Å². The van der Waals surface area contributed by atoms with Gasteiger partial charge in [0.15, 0.2) is 0 Å². The van der Waals surface area contributed by atoms with E-state index in [2.05, 4.69) is 17.1 Å². The van der Waals surface area contributed by atoms with E-state index in [9.17, 15) is 4.79 Å². The summed E-state index contributed by atoms with van der Waals surface area (Å²) in [4.78, 5) is 16.7. The summed E-state index contributed by atoms with van der Waals surface area (Å²) < 4.78 is 0. The highest BCUT2D eigenvalue weighted by molar-refractivity contribution is 5.95. The van der Waals surface area contributed by atoms with Gasteiger partial charge in [-0.05, 0) is 43.5 Å². The Balaban J connectivity index is 1.82. The first-order valence-electron chi connectivity index (χ1n) is 6.93. The van der Waals surface area contributed by atoms with Crippen LogP contribution in [0.2, 0.25) is 0 Å². The van der Waals surface area contributed by atoms with Gasteiger partial charge in [-0.1, -0.05) is 12.2 Å². The molecule has 0 aliphatic carbocycles. The van der Waals surface area contributed by atoms with Crippen LogP contribution in [0.15, 0.2) is 36.4 Å². The normalized spacial score (nSPS) is 24.6. The molecule has 19 heavy (non-hydrogen) atoms. The van der Waals surface area contributed by atoms with E-state index in [1.54, 1.807) is 0 Å². The lowest BCUT2D eigenvalue weighted by Crippen LogP contribution is -2.42. The van der Waals surface area contributed by atoms with Gasteiger partial charge in [-0.2, -0.15) is 0 Å². The zero-order valence-corrected chi connectivity index (χ0v) is 11.5. The van der Waals surface area contributed by atoms with Crippen molar-refractivity contribution in [1.82, 2.24) is 4.90 Å². The lowest BCUT2D eigenvalue weighted by Gasteiger charge is -2.31. The van der Waals surface area contributed by atoms with Crippen molar-refractivity contribution in [3.8, 4) is 0 Å². The van der Waals surface area contributed by atoms with Gasteiger partial charge in [0.25, 0.3) is 5.91 Å². The molecule has 3 heteroatoms. The summed E-state index contributed by atoms with van der Waals surface area (Å²) in [5.41, 5.74) is 1.93. The maximum atomic E-state index is 12.6. The third-order valence-corrected chi connectivity index (χ3v) is 4.18. The first-order chi connectivity index (χ1) is 9.16. The van der Waals surface area contributed by atoms with Gasteiger partial charge >= 0.3 is 0 Å². The fourth-order valence-electron chi connectivity index (χ4n) is 3.09. The number of nitrogens with zero attached hydrogens (tertiary/aromatic N) is 2. The summed E-state index contributed by atoms with van der Waals surface area (Å²) >= 11 is 0. The number of hydrogen-bond donors (Lipinski definition) is 0. The van der Waals surface area contributed by atoms with Crippen LogP contribution >= 0.6 is 0 Å². The van der Waals surface area contributed by atoms with E-state index in [-0.39, 0.29) is 5.91 Å². The van der Waals surface area contributed by atoms with Gasteiger partial charge in [-0.15, -0.1) is 0 Å². The maximum Gasteiger partial charge on any atom is 0.254 e. The van der Waals surface area contributed by atoms with E-state index in [1.165, 1.54) is 0 Å². The van der Waals surface area contributed by atoms with Crippen molar-refractivity contribution in [2.45, 2.75) is 31.3 Å². The molecule has 2 atom stereocenters. The van der Waals surface area contributed by atoms with E-state index in [4.69, 9.17) is 0 Å². The van der Waals surface area contributed by atoms with Crippen LogP contribution in [0.1, 0.15) is 29.6 Å². The molecule has 3 nitrogen and oxygen atoms in total. The largest absolute Gasteiger partial charge is 0.378 e. The minimum Gasteiger partial charge on any atom is -0.378 e. The van der Waals surface area contributed by atoms with Gasteiger partial charge < -0.3 is 9.80 Å². The Morgan fingerprint density at radius 1 is 1.21 bits per heavy atom. The van der Waals surface area contributed by atoms with Crippen molar-refractivity contribution < 1.29 is 4.79 Å². The minimum atomic E-state index is 0.183. The molecule has 0 saturated carbocycles. The molecule has 0 aromatic heterocycles. The van der Waals surface area contributed by atoms with Crippen LogP contribution in [0.5, 0.6) is 0 Å². The molecule has 2 unspecified atom stereocenters. The summed E-state index contributed by atoms with van der Waals surface area (Å²) in [6.45, 7) is 0. The van der Waals surface area contributed by atoms with Gasteiger partial charge in [0.05, 0.1) is 6.04 Å². The lowest BCUT2D eigenvalue weighted by molar-refractivity contribution is 0.0689. The van der Waals surface area contributed by atoms with Crippen LogP contribution in [0.3, 0.4) is 0 Å².